The van der Waals surface area contributed by atoms with Crippen LogP contribution in [0.1, 0.15) is 40.8 Å². The Morgan fingerprint density at radius 2 is 1.57 bits per heavy atom. The van der Waals surface area contributed by atoms with Crippen LogP contribution in [0.2, 0.25) is 0 Å². The van der Waals surface area contributed by atoms with Gasteiger partial charge in [-0.2, -0.15) is 0 Å². The summed E-state index contributed by atoms with van der Waals surface area (Å²) in [4.78, 5) is 28.6. The fourth-order valence-corrected chi connectivity index (χ4v) is 6.99. The molecule has 1 N–H and O–H groups in total. The monoisotopic (exact) mass is 649 g/mol. The Hall–Kier alpha value is -4.93. The van der Waals surface area contributed by atoms with Crippen LogP contribution in [-0.4, -0.2) is 33.6 Å². The molecule has 5 aromatic rings. The average molecular weight is 650 g/mol. The molecule has 2 heterocycles. The second kappa shape index (κ2) is 14.0. The number of ether oxygens (including phenoxy) is 2. The highest BCUT2D eigenvalue weighted by molar-refractivity contribution is 8.00. The van der Waals surface area contributed by atoms with Crippen molar-refractivity contribution >= 4 is 45.7 Å². The van der Waals surface area contributed by atoms with Crippen LogP contribution in [0.15, 0.2) is 113 Å². The van der Waals surface area contributed by atoms with Crippen LogP contribution in [0.3, 0.4) is 0 Å². The number of Topliss-reactive ketones (excluding diaryl/α,β-unsaturated/α-hetero) is 1. The van der Waals surface area contributed by atoms with Gasteiger partial charge in [0.2, 0.25) is 5.13 Å². The molecule has 6 rings (SSSR count). The van der Waals surface area contributed by atoms with Crippen LogP contribution in [0.4, 0.5) is 5.13 Å². The van der Waals surface area contributed by atoms with Gasteiger partial charge in [-0.1, -0.05) is 95.4 Å². The molecule has 0 radical (unpaired) electrons. The van der Waals surface area contributed by atoms with Gasteiger partial charge < -0.3 is 14.6 Å². The number of nitrogens with zero attached hydrogens (tertiary/aromatic N) is 3. The maximum absolute atomic E-state index is 13.6. The van der Waals surface area contributed by atoms with E-state index < -0.39 is 17.7 Å². The number of anilines is 1. The van der Waals surface area contributed by atoms with Gasteiger partial charge >= 0.3 is 5.91 Å². The Morgan fingerprint density at radius 1 is 0.870 bits per heavy atom. The van der Waals surface area contributed by atoms with Crippen molar-refractivity contribution in [2.75, 3.05) is 11.5 Å². The molecule has 1 atom stereocenters. The van der Waals surface area contributed by atoms with E-state index in [-0.39, 0.29) is 16.5 Å². The van der Waals surface area contributed by atoms with E-state index in [0.717, 1.165) is 16.7 Å². The van der Waals surface area contributed by atoms with Gasteiger partial charge in [0, 0.05) is 11.3 Å². The molecule has 0 saturated carbocycles. The predicted octanol–water partition coefficient (Wildman–Crippen LogP) is 7.74. The zero-order valence-electron chi connectivity index (χ0n) is 25.3. The van der Waals surface area contributed by atoms with E-state index in [1.807, 2.05) is 62.4 Å². The third-order valence-corrected chi connectivity index (χ3v) is 9.50. The number of aryl methyl sites for hydroxylation is 1. The summed E-state index contributed by atoms with van der Waals surface area (Å²) in [5.41, 5.74) is 4.29. The highest BCUT2D eigenvalue weighted by Gasteiger charge is 2.48. The van der Waals surface area contributed by atoms with Crippen LogP contribution in [-0.2, 0) is 21.9 Å². The Morgan fingerprint density at radius 3 is 2.28 bits per heavy atom. The number of hydrogen-bond donors (Lipinski definition) is 1. The lowest BCUT2D eigenvalue weighted by Gasteiger charge is -2.22. The minimum absolute atomic E-state index is 0.0312. The fourth-order valence-electron chi connectivity index (χ4n) is 5.17. The topological polar surface area (TPSA) is 102 Å². The van der Waals surface area contributed by atoms with Crippen molar-refractivity contribution in [3.05, 3.63) is 137 Å². The summed E-state index contributed by atoms with van der Waals surface area (Å²) >= 11 is 2.73. The fraction of sp³-hybridized carbons (Fsp3) is 0.167. The lowest BCUT2D eigenvalue weighted by molar-refractivity contribution is -0.132. The van der Waals surface area contributed by atoms with E-state index in [2.05, 4.69) is 16.3 Å². The van der Waals surface area contributed by atoms with Gasteiger partial charge in [-0.25, -0.2) is 0 Å². The highest BCUT2D eigenvalue weighted by Crippen LogP contribution is 2.44. The summed E-state index contributed by atoms with van der Waals surface area (Å²) in [5, 5.41) is 20.4. The standard InChI is InChI=1S/C36H31N3O5S2/c1-3-43-28-16-12-26(13-17-28)31-30(32(40)27-14-18-29(19-15-27)44-21-25-11-7-8-23(2)20-25)33(41)34(42)39(31)35-37-38-36(46-35)45-22-24-9-5-4-6-10-24/h4-20,31,40H,3,21-22H2,1-2H3/b32-30+. The number of rotatable bonds is 11. The normalized spacial score (nSPS) is 15.7. The molecular formula is C36H31N3O5S2. The van der Waals surface area contributed by atoms with Gasteiger partial charge in [-0.05, 0) is 66.9 Å². The van der Waals surface area contributed by atoms with E-state index in [1.165, 1.54) is 28.0 Å². The number of thioether (sulfide) groups is 1. The van der Waals surface area contributed by atoms with E-state index >= 15 is 0 Å². The Bertz CT molecular complexity index is 1870. The minimum atomic E-state index is -0.923. The molecule has 232 valence electrons. The van der Waals surface area contributed by atoms with E-state index in [0.29, 0.717) is 45.9 Å². The zero-order chi connectivity index (χ0) is 32.0. The molecule has 4 aromatic carbocycles. The van der Waals surface area contributed by atoms with Gasteiger partial charge in [0.15, 0.2) is 4.34 Å². The van der Waals surface area contributed by atoms with Gasteiger partial charge in [0.05, 0.1) is 18.2 Å². The quantitative estimate of drug-likeness (QED) is 0.0510. The minimum Gasteiger partial charge on any atom is -0.507 e. The SMILES string of the molecule is CCOc1ccc(C2/C(=C(\O)c3ccc(OCc4cccc(C)c4)cc3)C(=O)C(=O)N2c2nnc(SCc3ccccc3)s2)cc1. The van der Waals surface area contributed by atoms with Crippen molar-refractivity contribution in [2.24, 2.45) is 0 Å². The number of aromatic nitrogens is 2. The molecule has 1 saturated heterocycles. The van der Waals surface area contributed by atoms with Gasteiger partial charge in [0.25, 0.3) is 5.78 Å². The van der Waals surface area contributed by atoms with Crippen LogP contribution in [0, 0.1) is 6.92 Å². The van der Waals surface area contributed by atoms with Crippen LogP contribution < -0.4 is 14.4 Å². The largest absolute Gasteiger partial charge is 0.507 e. The molecule has 8 nitrogen and oxygen atoms in total. The second-order valence-electron chi connectivity index (χ2n) is 10.6. The summed E-state index contributed by atoms with van der Waals surface area (Å²) in [6.45, 7) is 4.81. The lowest BCUT2D eigenvalue weighted by Crippen LogP contribution is -2.29. The first kappa shape index (κ1) is 31.1. The smallest absolute Gasteiger partial charge is 0.301 e. The molecule has 1 fully saturated rings. The van der Waals surface area contributed by atoms with E-state index in [1.54, 1.807) is 48.5 Å². The molecule has 0 spiro atoms. The highest BCUT2D eigenvalue weighted by atomic mass is 32.2. The van der Waals surface area contributed by atoms with Crippen molar-refractivity contribution in [1.82, 2.24) is 10.2 Å². The number of carbonyl (C=O) groups is 2. The molecule has 1 aliphatic rings. The number of carbonyl (C=O) groups excluding carboxylic acids is 2. The molecule has 0 aliphatic carbocycles. The number of hydrogen-bond acceptors (Lipinski definition) is 9. The van der Waals surface area contributed by atoms with Crippen molar-refractivity contribution < 1.29 is 24.2 Å². The second-order valence-corrected chi connectivity index (χ2v) is 12.8. The predicted molar refractivity (Wildman–Crippen MR) is 180 cm³/mol. The first-order chi connectivity index (χ1) is 22.4. The number of ketones is 1. The van der Waals surface area contributed by atoms with Crippen LogP contribution in [0.25, 0.3) is 5.76 Å². The molecule has 10 heteroatoms. The lowest BCUT2D eigenvalue weighted by atomic mass is 9.95. The van der Waals surface area contributed by atoms with E-state index in [4.69, 9.17) is 9.47 Å². The summed E-state index contributed by atoms with van der Waals surface area (Å²) < 4.78 is 12.2. The first-order valence-corrected chi connectivity index (χ1v) is 16.5. The average Bonchev–Trinajstić information content (AvgIpc) is 3.65. The Labute approximate surface area is 275 Å². The molecule has 1 amide bonds. The van der Waals surface area contributed by atoms with Crippen molar-refractivity contribution in [3.8, 4) is 11.5 Å². The third kappa shape index (κ3) is 6.83. The number of aliphatic hydroxyl groups excluding tert-OH is 1. The van der Waals surface area contributed by atoms with Crippen LogP contribution in [0.5, 0.6) is 11.5 Å². The number of amides is 1. The molecule has 1 unspecified atom stereocenters. The Balaban J connectivity index is 1.31. The summed E-state index contributed by atoms with van der Waals surface area (Å²) in [5.74, 6) is 0.0737. The Kier molecular flexibility index (Phi) is 9.46. The molecule has 1 aromatic heterocycles. The third-order valence-electron chi connectivity index (χ3n) is 7.37. The van der Waals surface area contributed by atoms with Gasteiger partial charge in [-0.3, -0.25) is 14.5 Å². The van der Waals surface area contributed by atoms with Crippen molar-refractivity contribution in [3.63, 3.8) is 0 Å². The van der Waals surface area contributed by atoms with E-state index in [9.17, 15) is 14.7 Å². The maximum atomic E-state index is 13.6. The van der Waals surface area contributed by atoms with Gasteiger partial charge in [0.1, 0.15) is 23.9 Å². The van der Waals surface area contributed by atoms with Crippen molar-refractivity contribution in [1.29, 1.82) is 0 Å². The molecular weight excluding hydrogens is 619 g/mol. The molecule has 1 aliphatic heterocycles. The number of benzene rings is 4. The maximum Gasteiger partial charge on any atom is 0.301 e. The zero-order valence-corrected chi connectivity index (χ0v) is 26.9. The van der Waals surface area contributed by atoms with Gasteiger partial charge in [-0.15, -0.1) is 10.2 Å². The number of aliphatic hydroxyl groups is 1. The summed E-state index contributed by atoms with van der Waals surface area (Å²) in [6.07, 6.45) is 0. The van der Waals surface area contributed by atoms with Crippen LogP contribution >= 0.6 is 23.1 Å². The summed E-state index contributed by atoms with van der Waals surface area (Å²) in [7, 11) is 0. The van der Waals surface area contributed by atoms with Crippen molar-refractivity contribution in [2.45, 2.75) is 36.6 Å². The molecule has 0 bridgehead atoms. The molecule has 46 heavy (non-hydrogen) atoms. The first-order valence-electron chi connectivity index (χ1n) is 14.7. The summed E-state index contributed by atoms with van der Waals surface area (Å²) in [6, 6.07) is 31.1.